The van der Waals surface area contributed by atoms with Crippen LogP contribution in [0.3, 0.4) is 0 Å². The minimum Gasteiger partial charge on any atom is -0.253 e. The van der Waals surface area contributed by atoms with Crippen LogP contribution in [0.25, 0.3) is 10.9 Å². The smallest absolute Gasteiger partial charge is 0.0721 e. The van der Waals surface area contributed by atoms with Crippen LogP contribution in [0.2, 0.25) is 5.02 Å². The number of fused-ring (bicyclic) bond motifs is 1. The first-order valence-electron chi connectivity index (χ1n) is 5.55. The average Bonchev–Trinajstić information content (AvgIpc) is 2.30. The Bertz CT molecular complexity index is 631. The Morgan fingerprint density at radius 2 is 2.17 bits per heavy atom. The van der Waals surface area contributed by atoms with Crippen LogP contribution >= 0.6 is 39.1 Å². The second-order valence-electron chi connectivity index (χ2n) is 4.15. The molecule has 0 fully saturated rings. The van der Waals surface area contributed by atoms with Gasteiger partial charge < -0.3 is 0 Å². The molecule has 0 amide bonds. The molecule has 1 heterocycles. The lowest BCUT2D eigenvalue weighted by Crippen LogP contribution is -1.95. The first-order chi connectivity index (χ1) is 8.49. The van der Waals surface area contributed by atoms with Crippen molar-refractivity contribution in [2.24, 2.45) is 0 Å². The fraction of sp³-hybridized carbons (Fsp3) is 0.214. The summed E-state index contributed by atoms with van der Waals surface area (Å²) in [5, 5.41) is 2.49. The maximum atomic E-state index is 6.47. The predicted molar refractivity (Wildman–Crippen MR) is 82.5 cm³/mol. The summed E-state index contributed by atoms with van der Waals surface area (Å²) in [6.07, 6.45) is 2.65. The van der Waals surface area contributed by atoms with Crippen molar-refractivity contribution in [3.05, 3.63) is 50.1 Å². The van der Waals surface area contributed by atoms with Crippen LogP contribution in [0.5, 0.6) is 0 Å². The fourth-order valence-electron chi connectivity index (χ4n) is 1.83. The second kappa shape index (κ2) is 5.60. The Labute approximate surface area is 125 Å². The highest BCUT2D eigenvalue weighted by atomic mass is 79.9. The van der Waals surface area contributed by atoms with Gasteiger partial charge in [0, 0.05) is 20.6 Å². The molecule has 0 aliphatic heterocycles. The van der Waals surface area contributed by atoms with E-state index in [1.807, 2.05) is 38.1 Å². The van der Waals surface area contributed by atoms with Gasteiger partial charge in [-0.3, -0.25) is 4.98 Å². The van der Waals surface area contributed by atoms with E-state index in [0.29, 0.717) is 6.42 Å². The molecule has 0 spiro atoms. The van der Waals surface area contributed by atoms with Gasteiger partial charge in [-0.05, 0) is 44.0 Å². The van der Waals surface area contributed by atoms with E-state index in [1.54, 1.807) is 0 Å². The number of allylic oxidation sites excluding steroid dienone is 2. The summed E-state index contributed by atoms with van der Waals surface area (Å²) in [6.45, 7) is 3.83. The number of aromatic nitrogens is 1. The maximum Gasteiger partial charge on any atom is 0.0721 e. The summed E-state index contributed by atoms with van der Waals surface area (Å²) in [6, 6.07) is 5.92. The zero-order chi connectivity index (χ0) is 13.3. The number of nitrogens with zero attached hydrogens (tertiary/aromatic N) is 1. The highest BCUT2D eigenvalue weighted by molar-refractivity contribution is 9.10. The van der Waals surface area contributed by atoms with Gasteiger partial charge in [0.15, 0.2) is 0 Å². The Morgan fingerprint density at radius 3 is 2.83 bits per heavy atom. The van der Waals surface area contributed by atoms with Gasteiger partial charge in [-0.15, -0.1) is 0 Å². The minimum absolute atomic E-state index is 0.704. The van der Waals surface area contributed by atoms with Gasteiger partial charge in [-0.1, -0.05) is 45.2 Å². The van der Waals surface area contributed by atoms with Gasteiger partial charge in [0.05, 0.1) is 10.5 Å². The molecule has 2 aromatic rings. The first-order valence-corrected chi connectivity index (χ1v) is 7.10. The van der Waals surface area contributed by atoms with Crippen molar-refractivity contribution in [1.82, 2.24) is 4.98 Å². The Balaban J connectivity index is 2.63. The van der Waals surface area contributed by atoms with Crippen LogP contribution < -0.4 is 0 Å². The number of rotatable bonds is 2. The minimum atomic E-state index is 0.704. The van der Waals surface area contributed by atoms with E-state index in [4.69, 9.17) is 23.2 Å². The van der Waals surface area contributed by atoms with E-state index in [0.717, 1.165) is 36.7 Å². The number of benzene rings is 1. The van der Waals surface area contributed by atoms with Crippen LogP contribution in [0, 0.1) is 6.92 Å². The fourth-order valence-corrected chi connectivity index (χ4v) is 2.63. The van der Waals surface area contributed by atoms with Crippen LogP contribution in [0.4, 0.5) is 0 Å². The summed E-state index contributed by atoms with van der Waals surface area (Å²) in [7, 11) is 0. The molecule has 4 heteroatoms. The quantitative estimate of drug-likeness (QED) is 0.686. The standard InChI is InChI=1S/C14H12BrCl2N/c1-8(16)3-5-11-9(2)18-13-6-4-10(15)7-12(13)14(11)17/h3-4,6-7H,5H2,1-2H3/b8-3+. The third-order valence-electron chi connectivity index (χ3n) is 2.77. The molecule has 0 bridgehead atoms. The van der Waals surface area contributed by atoms with E-state index >= 15 is 0 Å². The van der Waals surface area contributed by atoms with Gasteiger partial charge in [-0.25, -0.2) is 0 Å². The van der Waals surface area contributed by atoms with Crippen LogP contribution in [0.1, 0.15) is 18.2 Å². The summed E-state index contributed by atoms with van der Waals surface area (Å²) >= 11 is 15.8. The lowest BCUT2D eigenvalue weighted by Gasteiger charge is -2.09. The average molecular weight is 345 g/mol. The van der Waals surface area contributed by atoms with Crippen molar-refractivity contribution in [2.45, 2.75) is 20.3 Å². The number of hydrogen-bond acceptors (Lipinski definition) is 1. The lowest BCUT2D eigenvalue weighted by molar-refractivity contribution is 1.13. The molecule has 94 valence electrons. The molecule has 1 aromatic heterocycles. The van der Waals surface area contributed by atoms with Crippen LogP contribution in [0.15, 0.2) is 33.8 Å². The predicted octanol–water partition coefficient (Wildman–Crippen LogP) is 5.64. The summed E-state index contributed by atoms with van der Waals surface area (Å²) in [4.78, 5) is 4.58. The molecule has 0 saturated carbocycles. The zero-order valence-corrected chi connectivity index (χ0v) is 13.2. The van der Waals surface area contributed by atoms with E-state index in [1.165, 1.54) is 0 Å². The van der Waals surface area contributed by atoms with Crippen molar-refractivity contribution in [3.8, 4) is 0 Å². The monoisotopic (exact) mass is 343 g/mol. The molecule has 0 radical (unpaired) electrons. The molecule has 0 aliphatic rings. The van der Waals surface area contributed by atoms with E-state index in [2.05, 4.69) is 20.9 Å². The second-order valence-corrected chi connectivity index (χ2v) is 6.04. The third-order valence-corrected chi connectivity index (χ3v) is 3.85. The normalized spacial score (nSPS) is 12.2. The van der Waals surface area contributed by atoms with Crippen LogP contribution in [-0.2, 0) is 6.42 Å². The molecule has 2 rings (SSSR count). The van der Waals surface area contributed by atoms with Crippen molar-refractivity contribution < 1.29 is 0 Å². The van der Waals surface area contributed by atoms with Gasteiger partial charge in [0.2, 0.25) is 0 Å². The van der Waals surface area contributed by atoms with Crippen molar-refractivity contribution >= 4 is 50.0 Å². The Morgan fingerprint density at radius 1 is 1.44 bits per heavy atom. The molecule has 0 saturated heterocycles. The van der Waals surface area contributed by atoms with Crippen LogP contribution in [-0.4, -0.2) is 4.98 Å². The van der Waals surface area contributed by atoms with Gasteiger partial charge >= 0.3 is 0 Å². The highest BCUT2D eigenvalue weighted by Gasteiger charge is 2.10. The number of halogens is 3. The SMILES string of the molecule is C/C(Cl)=C\Cc1c(C)nc2ccc(Br)cc2c1Cl. The Kier molecular flexibility index (Phi) is 4.31. The topological polar surface area (TPSA) is 12.9 Å². The number of hydrogen-bond donors (Lipinski definition) is 0. The molecule has 1 nitrogen and oxygen atoms in total. The lowest BCUT2D eigenvalue weighted by atomic mass is 10.1. The van der Waals surface area contributed by atoms with Gasteiger partial charge in [-0.2, -0.15) is 0 Å². The molecule has 0 aliphatic carbocycles. The Hall–Kier alpha value is -0.570. The molecular weight excluding hydrogens is 333 g/mol. The molecule has 0 unspecified atom stereocenters. The maximum absolute atomic E-state index is 6.47. The molecule has 18 heavy (non-hydrogen) atoms. The zero-order valence-electron chi connectivity index (χ0n) is 10.1. The first kappa shape index (κ1) is 13.9. The third kappa shape index (κ3) is 2.87. The summed E-state index contributed by atoms with van der Waals surface area (Å²) in [5.74, 6) is 0. The van der Waals surface area contributed by atoms with E-state index in [-0.39, 0.29) is 0 Å². The molecule has 1 aromatic carbocycles. The molecular formula is C14H12BrCl2N. The van der Waals surface area contributed by atoms with Crippen molar-refractivity contribution in [1.29, 1.82) is 0 Å². The summed E-state index contributed by atoms with van der Waals surface area (Å²) in [5.41, 5.74) is 2.89. The number of aryl methyl sites for hydroxylation is 1. The highest BCUT2D eigenvalue weighted by Crippen LogP contribution is 2.30. The van der Waals surface area contributed by atoms with Gasteiger partial charge in [0.25, 0.3) is 0 Å². The largest absolute Gasteiger partial charge is 0.253 e. The molecule has 0 N–H and O–H groups in total. The van der Waals surface area contributed by atoms with E-state index < -0.39 is 0 Å². The van der Waals surface area contributed by atoms with Crippen molar-refractivity contribution in [3.63, 3.8) is 0 Å². The van der Waals surface area contributed by atoms with E-state index in [9.17, 15) is 0 Å². The molecule has 0 atom stereocenters. The van der Waals surface area contributed by atoms with Crippen molar-refractivity contribution in [2.75, 3.05) is 0 Å². The summed E-state index contributed by atoms with van der Waals surface area (Å²) < 4.78 is 0.998. The number of pyridine rings is 1. The van der Waals surface area contributed by atoms with Gasteiger partial charge in [0.1, 0.15) is 0 Å².